The van der Waals surface area contributed by atoms with Crippen LogP contribution in [-0.2, 0) is 11.2 Å². The van der Waals surface area contributed by atoms with Crippen molar-refractivity contribution in [1.29, 1.82) is 0 Å². The van der Waals surface area contributed by atoms with Gasteiger partial charge in [-0.2, -0.15) is 0 Å². The topological polar surface area (TPSA) is 17.4 Å². The normalized spacial score (nSPS) is 17.2. The van der Waals surface area contributed by atoms with E-state index < -0.39 is 0 Å². The van der Waals surface area contributed by atoms with Crippen molar-refractivity contribution in [3.05, 3.63) is 83.9 Å². The molecule has 0 amide bonds. The fourth-order valence-electron chi connectivity index (χ4n) is 3.27. The number of hydrogen-bond acceptors (Lipinski definition) is 2. The van der Waals surface area contributed by atoms with E-state index in [4.69, 9.17) is 4.74 Å². The van der Waals surface area contributed by atoms with E-state index in [1.54, 1.807) is 12.1 Å². The Kier molecular flexibility index (Phi) is 4.28. The van der Waals surface area contributed by atoms with E-state index in [1.807, 2.05) is 0 Å². The number of hydrogen-bond donors (Lipinski definition) is 0. The number of aryl methyl sites for hydroxylation is 1. The molecule has 1 aliphatic heterocycles. The Labute approximate surface area is 147 Å². The first-order valence-electron chi connectivity index (χ1n) is 8.65. The number of aromatic nitrogens is 1. The van der Waals surface area contributed by atoms with Gasteiger partial charge in [0.15, 0.2) is 6.23 Å². The maximum Gasteiger partial charge on any atom is 0.158 e. The lowest BCUT2D eigenvalue weighted by Crippen LogP contribution is -2.22. The molecule has 3 aromatic rings. The summed E-state index contributed by atoms with van der Waals surface area (Å²) in [6, 6.07) is 17.3. The SMILES string of the molecule is CCc1ccc(-n2ccc([C@H]3OCCN3c3ccc(F)cc3)c2)cc1. The Morgan fingerprint density at radius 1 is 1.00 bits per heavy atom. The zero-order valence-corrected chi connectivity index (χ0v) is 14.2. The minimum absolute atomic E-state index is 0.137. The average molecular weight is 336 g/mol. The molecular formula is C21H21FN2O. The fourth-order valence-corrected chi connectivity index (χ4v) is 3.27. The van der Waals surface area contributed by atoms with Crippen LogP contribution in [0.1, 0.15) is 24.3 Å². The predicted molar refractivity (Wildman–Crippen MR) is 97.6 cm³/mol. The molecule has 128 valence electrons. The van der Waals surface area contributed by atoms with Crippen LogP contribution in [0.15, 0.2) is 67.0 Å². The first kappa shape index (κ1) is 15.9. The van der Waals surface area contributed by atoms with Gasteiger partial charge in [-0.1, -0.05) is 19.1 Å². The molecule has 1 aliphatic rings. The highest BCUT2D eigenvalue weighted by atomic mass is 19.1. The summed E-state index contributed by atoms with van der Waals surface area (Å²) >= 11 is 0. The predicted octanol–water partition coefficient (Wildman–Crippen LogP) is 4.71. The van der Waals surface area contributed by atoms with Crippen molar-refractivity contribution in [2.45, 2.75) is 19.6 Å². The lowest BCUT2D eigenvalue weighted by molar-refractivity contribution is 0.114. The number of rotatable bonds is 4. The Hall–Kier alpha value is -2.59. The molecule has 4 rings (SSSR count). The third kappa shape index (κ3) is 3.17. The molecule has 0 aliphatic carbocycles. The molecule has 1 fully saturated rings. The molecule has 0 bridgehead atoms. The van der Waals surface area contributed by atoms with Crippen molar-refractivity contribution in [3.63, 3.8) is 0 Å². The van der Waals surface area contributed by atoms with Crippen LogP contribution < -0.4 is 4.90 Å². The second-order valence-electron chi connectivity index (χ2n) is 6.27. The van der Waals surface area contributed by atoms with Crippen molar-refractivity contribution < 1.29 is 9.13 Å². The van der Waals surface area contributed by atoms with E-state index in [9.17, 15) is 4.39 Å². The van der Waals surface area contributed by atoms with Gasteiger partial charge in [0.2, 0.25) is 0 Å². The number of halogens is 1. The Morgan fingerprint density at radius 2 is 1.72 bits per heavy atom. The van der Waals surface area contributed by atoms with Crippen LogP contribution in [0.4, 0.5) is 10.1 Å². The van der Waals surface area contributed by atoms with Crippen LogP contribution in [0.3, 0.4) is 0 Å². The summed E-state index contributed by atoms with van der Waals surface area (Å²) in [5.74, 6) is -0.220. The number of nitrogens with zero attached hydrogens (tertiary/aromatic N) is 2. The molecule has 2 heterocycles. The number of ether oxygens (including phenoxy) is 1. The van der Waals surface area contributed by atoms with Gasteiger partial charge in [0.25, 0.3) is 0 Å². The van der Waals surface area contributed by atoms with Gasteiger partial charge >= 0.3 is 0 Å². The summed E-state index contributed by atoms with van der Waals surface area (Å²) in [5.41, 5.74) is 4.54. The minimum atomic E-state index is -0.220. The molecular weight excluding hydrogens is 315 g/mol. The van der Waals surface area contributed by atoms with Crippen LogP contribution in [0.5, 0.6) is 0 Å². The van der Waals surface area contributed by atoms with Crippen molar-refractivity contribution in [2.24, 2.45) is 0 Å². The van der Waals surface area contributed by atoms with E-state index in [0.29, 0.717) is 6.61 Å². The highest BCUT2D eigenvalue weighted by Crippen LogP contribution is 2.32. The lowest BCUT2D eigenvalue weighted by atomic mass is 10.1. The molecule has 25 heavy (non-hydrogen) atoms. The van der Waals surface area contributed by atoms with Crippen LogP contribution in [-0.4, -0.2) is 17.7 Å². The van der Waals surface area contributed by atoms with Gasteiger partial charge in [0.05, 0.1) is 6.61 Å². The molecule has 1 atom stereocenters. The van der Waals surface area contributed by atoms with Crippen molar-refractivity contribution in [2.75, 3.05) is 18.1 Å². The lowest BCUT2D eigenvalue weighted by Gasteiger charge is -2.24. The summed E-state index contributed by atoms with van der Waals surface area (Å²) in [4.78, 5) is 2.17. The quantitative estimate of drug-likeness (QED) is 0.686. The van der Waals surface area contributed by atoms with Crippen molar-refractivity contribution in [1.82, 2.24) is 4.57 Å². The third-order valence-corrected chi connectivity index (χ3v) is 4.69. The van der Waals surface area contributed by atoms with Crippen LogP contribution in [0.25, 0.3) is 5.69 Å². The summed E-state index contributed by atoms with van der Waals surface area (Å²) in [7, 11) is 0. The maximum absolute atomic E-state index is 13.2. The first-order valence-corrected chi connectivity index (χ1v) is 8.65. The van der Waals surface area contributed by atoms with Gasteiger partial charge in [-0.25, -0.2) is 4.39 Å². The maximum atomic E-state index is 13.2. The van der Waals surface area contributed by atoms with Gasteiger partial charge in [-0.3, -0.25) is 0 Å². The molecule has 1 aromatic heterocycles. The Bertz CT molecular complexity index is 839. The second-order valence-corrected chi connectivity index (χ2v) is 6.27. The second kappa shape index (κ2) is 6.73. The molecule has 1 saturated heterocycles. The van der Waals surface area contributed by atoms with E-state index in [0.717, 1.165) is 29.9 Å². The molecule has 3 nitrogen and oxygen atoms in total. The summed E-state index contributed by atoms with van der Waals surface area (Å²) in [5, 5.41) is 0. The molecule has 0 N–H and O–H groups in total. The van der Waals surface area contributed by atoms with E-state index >= 15 is 0 Å². The van der Waals surface area contributed by atoms with E-state index in [1.165, 1.54) is 17.7 Å². The molecule has 4 heteroatoms. The minimum Gasteiger partial charge on any atom is -0.352 e. The summed E-state index contributed by atoms with van der Waals surface area (Å²) < 4.78 is 21.2. The first-order chi connectivity index (χ1) is 12.2. The zero-order chi connectivity index (χ0) is 17.2. The van der Waals surface area contributed by atoms with Crippen LogP contribution >= 0.6 is 0 Å². The molecule has 0 unspecified atom stereocenters. The molecule has 2 aromatic carbocycles. The molecule has 0 spiro atoms. The van der Waals surface area contributed by atoms with Crippen LogP contribution in [0, 0.1) is 5.82 Å². The van der Waals surface area contributed by atoms with Gasteiger partial charge in [0, 0.05) is 35.9 Å². The van der Waals surface area contributed by atoms with E-state index in [2.05, 4.69) is 59.1 Å². The highest BCUT2D eigenvalue weighted by molar-refractivity contribution is 5.49. The van der Waals surface area contributed by atoms with Crippen LogP contribution in [0.2, 0.25) is 0 Å². The van der Waals surface area contributed by atoms with E-state index in [-0.39, 0.29) is 12.0 Å². The monoisotopic (exact) mass is 336 g/mol. The number of anilines is 1. The fraction of sp³-hybridized carbons (Fsp3) is 0.238. The van der Waals surface area contributed by atoms with Gasteiger partial charge < -0.3 is 14.2 Å². The summed E-state index contributed by atoms with van der Waals surface area (Å²) in [6.07, 6.45) is 5.07. The van der Waals surface area contributed by atoms with Gasteiger partial charge in [0.1, 0.15) is 5.82 Å². The molecule has 0 radical (unpaired) electrons. The average Bonchev–Trinajstić information content (AvgIpc) is 3.31. The Morgan fingerprint density at radius 3 is 2.44 bits per heavy atom. The Balaban J connectivity index is 1.58. The summed E-state index contributed by atoms with van der Waals surface area (Å²) in [6.45, 7) is 3.62. The van der Waals surface area contributed by atoms with Crippen molar-refractivity contribution in [3.8, 4) is 5.69 Å². The smallest absolute Gasteiger partial charge is 0.158 e. The highest BCUT2D eigenvalue weighted by Gasteiger charge is 2.27. The van der Waals surface area contributed by atoms with Gasteiger partial charge in [-0.05, 0) is 54.4 Å². The molecule has 0 saturated carbocycles. The zero-order valence-electron chi connectivity index (χ0n) is 14.2. The third-order valence-electron chi connectivity index (χ3n) is 4.69. The largest absolute Gasteiger partial charge is 0.352 e. The number of benzene rings is 2. The standard InChI is InChI=1S/C21H21FN2O/c1-2-16-3-7-19(8-4-16)23-12-11-17(15-23)21-24(13-14-25-21)20-9-5-18(22)6-10-20/h3-12,15,21H,2,13-14H2,1H3/t21-/m1/s1. The van der Waals surface area contributed by atoms with Gasteiger partial charge in [-0.15, -0.1) is 0 Å². The van der Waals surface area contributed by atoms with Crippen molar-refractivity contribution >= 4 is 5.69 Å².